The lowest BCUT2D eigenvalue weighted by Gasteiger charge is -2.57. The fourth-order valence-electron chi connectivity index (χ4n) is 5.39. The van der Waals surface area contributed by atoms with Crippen molar-refractivity contribution in [1.82, 2.24) is 9.21 Å². The van der Waals surface area contributed by atoms with Gasteiger partial charge in [-0.1, -0.05) is 60.2 Å². The third-order valence-corrected chi connectivity index (χ3v) is 10.3. The Kier molecular flexibility index (Phi) is 6.42. The minimum Gasteiger partial charge on any atom is -0.395 e. The molecule has 1 aromatic heterocycles. The molecule has 3 atom stereocenters. The van der Waals surface area contributed by atoms with Crippen LogP contribution >= 0.6 is 11.3 Å². The molecular formula is C26H30N2O3S2. The maximum absolute atomic E-state index is 13.3. The zero-order valence-electron chi connectivity index (χ0n) is 18.8. The number of thiophene rings is 1. The Hall–Kier alpha value is -2.03. The smallest absolute Gasteiger partial charge is 0.252 e. The molecule has 1 N–H and O–H groups in total. The van der Waals surface area contributed by atoms with Crippen molar-refractivity contribution in [3.63, 3.8) is 0 Å². The van der Waals surface area contributed by atoms with Crippen molar-refractivity contribution < 1.29 is 13.5 Å². The summed E-state index contributed by atoms with van der Waals surface area (Å²) in [6, 6.07) is 20.6. The molecule has 2 saturated heterocycles. The van der Waals surface area contributed by atoms with Crippen LogP contribution in [0.5, 0.6) is 0 Å². The summed E-state index contributed by atoms with van der Waals surface area (Å²) in [5.74, 6) is 0.112. The minimum absolute atomic E-state index is 0.0317. The number of aliphatic hydroxyl groups excluding tert-OH is 1. The van der Waals surface area contributed by atoms with Crippen LogP contribution in [0.3, 0.4) is 0 Å². The normalized spacial score (nSPS) is 24.5. The zero-order valence-corrected chi connectivity index (χ0v) is 20.4. The van der Waals surface area contributed by atoms with Gasteiger partial charge in [-0.05, 0) is 54.4 Å². The van der Waals surface area contributed by atoms with Gasteiger partial charge in [0.25, 0.3) is 10.0 Å². The Morgan fingerprint density at radius 1 is 1.00 bits per heavy atom. The number of benzene rings is 2. The Labute approximate surface area is 200 Å². The van der Waals surface area contributed by atoms with E-state index in [1.807, 2.05) is 5.38 Å². The fourth-order valence-corrected chi connectivity index (χ4v) is 8.03. The molecule has 0 bridgehead atoms. The molecule has 5 nitrogen and oxygen atoms in total. The van der Waals surface area contributed by atoms with Crippen molar-refractivity contribution in [3.05, 3.63) is 77.2 Å². The van der Waals surface area contributed by atoms with Gasteiger partial charge >= 0.3 is 0 Å². The topological polar surface area (TPSA) is 60.9 Å². The SMILES string of the molecule is Cc1cccc(-c2ccc([C@@H]3[C@H](CO)N4CCCCN(S(=O)(=O)c5cccs5)C[C@@H]34)cc2)c1. The molecule has 33 heavy (non-hydrogen) atoms. The van der Waals surface area contributed by atoms with Gasteiger partial charge in [0.05, 0.1) is 6.61 Å². The van der Waals surface area contributed by atoms with Crippen LogP contribution in [-0.2, 0) is 10.0 Å². The number of nitrogens with zero attached hydrogens (tertiary/aromatic N) is 2. The molecule has 2 aliphatic rings. The predicted octanol–water partition coefficient (Wildman–Crippen LogP) is 4.34. The van der Waals surface area contributed by atoms with Gasteiger partial charge in [0.1, 0.15) is 4.21 Å². The van der Waals surface area contributed by atoms with Crippen LogP contribution in [0.15, 0.2) is 70.3 Å². The summed E-state index contributed by atoms with van der Waals surface area (Å²) >= 11 is 1.28. The summed E-state index contributed by atoms with van der Waals surface area (Å²) in [5.41, 5.74) is 4.75. The number of hydrogen-bond donors (Lipinski definition) is 1. The van der Waals surface area contributed by atoms with E-state index < -0.39 is 10.0 Å². The average Bonchev–Trinajstić information content (AvgIpc) is 3.34. The molecule has 3 aromatic rings. The lowest BCUT2D eigenvalue weighted by atomic mass is 9.74. The highest BCUT2D eigenvalue weighted by atomic mass is 32.2. The highest BCUT2D eigenvalue weighted by Crippen LogP contribution is 2.43. The molecule has 2 aromatic carbocycles. The molecule has 2 fully saturated rings. The van der Waals surface area contributed by atoms with E-state index in [4.69, 9.17) is 0 Å². The number of sulfonamides is 1. The van der Waals surface area contributed by atoms with Crippen LogP contribution in [0.2, 0.25) is 0 Å². The predicted molar refractivity (Wildman–Crippen MR) is 133 cm³/mol. The first-order chi connectivity index (χ1) is 16.0. The fraction of sp³-hybridized carbons (Fsp3) is 0.385. The summed E-state index contributed by atoms with van der Waals surface area (Å²) in [7, 11) is -3.49. The first kappa shape index (κ1) is 22.7. The van der Waals surface area contributed by atoms with Gasteiger partial charge in [-0.2, -0.15) is 4.31 Å². The van der Waals surface area contributed by atoms with Crippen LogP contribution in [0.4, 0.5) is 0 Å². The Morgan fingerprint density at radius 2 is 1.79 bits per heavy atom. The highest BCUT2D eigenvalue weighted by molar-refractivity contribution is 7.91. The van der Waals surface area contributed by atoms with E-state index in [1.165, 1.54) is 33.6 Å². The van der Waals surface area contributed by atoms with E-state index in [2.05, 4.69) is 60.4 Å². The number of hydrogen-bond acceptors (Lipinski definition) is 5. The van der Waals surface area contributed by atoms with E-state index >= 15 is 0 Å². The summed E-state index contributed by atoms with van der Waals surface area (Å²) in [4.78, 5) is 2.31. The van der Waals surface area contributed by atoms with Crippen molar-refractivity contribution in [2.24, 2.45) is 0 Å². The van der Waals surface area contributed by atoms with Gasteiger partial charge in [-0.15, -0.1) is 11.3 Å². The molecule has 0 unspecified atom stereocenters. The molecule has 0 saturated carbocycles. The van der Waals surface area contributed by atoms with Crippen LogP contribution in [0, 0.1) is 6.92 Å². The standard InChI is InChI=1S/C26H30N2O3S2/c1-19-6-4-7-22(16-19)20-9-11-21(12-10-20)26-23-17-27(33(30,31)25-8-5-15-32-25)13-2-3-14-28(23)24(26)18-29/h4-12,15-16,23-24,26,29H,2-3,13-14,17-18H2,1H3/t23-,24-,26-/m0/s1. The van der Waals surface area contributed by atoms with Crippen molar-refractivity contribution in [3.8, 4) is 11.1 Å². The molecule has 2 aliphatic heterocycles. The Morgan fingerprint density at radius 3 is 2.48 bits per heavy atom. The van der Waals surface area contributed by atoms with Crippen LogP contribution in [0.1, 0.15) is 29.9 Å². The van der Waals surface area contributed by atoms with Crippen LogP contribution < -0.4 is 0 Å². The van der Waals surface area contributed by atoms with Crippen molar-refractivity contribution in [2.45, 2.75) is 42.0 Å². The molecule has 0 aliphatic carbocycles. The lowest BCUT2D eigenvalue weighted by molar-refractivity contribution is -0.0553. The summed E-state index contributed by atoms with van der Waals surface area (Å²) in [6.45, 7) is 4.09. The lowest BCUT2D eigenvalue weighted by Crippen LogP contribution is -2.67. The van der Waals surface area contributed by atoms with Gasteiger partial charge < -0.3 is 5.11 Å². The maximum Gasteiger partial charge on any atom is 0.252 e. The zero-order chi connectivity index (χ0) is 23.0. The first-order valence-corrected chi connectivity index (χ1v) is 13.9. The van der Waals surface area contributed by atoms with Crippen LogP contribution in [0.25, 0.3) is 11.1 Å². The van der Waals surface area contributed by atoms with Gasteiger partial charge in [0, 0.05) is 31.1 Å². The third kappa shape index (κ3) is 4.29. The van der Waals surface area contributed by atoms with E-state index in [0.29, 0.717) is 17.3 Å². The summed E-state index contributed by atoms with van der Waals surface area (Å²) in [5, 5.41) is 12.0. The minimum atomic E-state index is -3.49. The molecule has 5 rings (SSSR count). The third-order valence-electron chi connectivity index (χ3n) is 7.07. The number of fused-ring (bicyclic) bond motifs is 1. The first-order valence-electron chi connectivity index (χ1n) is 11.6. The maximum atomic E-state index is 13.3. The summed E-state index contributed by atoms with van der Waals surface area (Å²) < 4.78 is 28.6. The van der Waals surface area contributed by atoms with E-state index in [0.717, 1.165) is 19.4 Å². The molecule has 7 heteroatoms. The number of aryl methyl sites for hydroxylation is 1. The van der Waals surface area contributed by atoms with Gasteiger partial charge in [-0.25, -0.2) is 8.42 Å². The van der Waals surface area contributed by atoms with E-state index in [-0.39, 0.29) is 24.6 Å². The van der Waals surface area contributed by atoms with Gasteiger partial charge in [-0.3, -0.25) is 4.90 Å². The molecule has 0 radical (unpaired) electrons. The van der Waals surface area contributed by atoms with E-state index in [9.17, 15) is 13.5 Å². The van der Waals surface area contributed by atoms with Crippen molar-refractivity contribution in [2.75, 3.05) is 26.2 Å². The number of rotatable bonds is 5. The van der Waals surface area contributed by atoms with Gasteiger partial charge in [0.2, 0.25) is 0 Å². The quantitative estimate of drug-likeness (QED) is 0.588. The van der Waals surface area contributed by atoms with E-state index in [1.54, 1.807) is 16.4 Å². The second-order valence-corrected chi connectivity index (χ2v) is 12.2. The summed E-state index contributed by atoms with van der Waals surface area (Å²) in [6.07, 6.45) is 1.77. The second kappa shape index (κ2) is 9.31. The highest BCUT2D eigenvalue weighted by Gasteiger charge is 2.50. The monoisotopic (exact) mass is 482 g/mol. The molecule has 3 heterocycles. The molecule has 0 spiro atoms. The average molecular weight is 483 g/mol. The second-order valence-electron chi connectivity index (χ2n) is 9.07. The Balaban J connectivity index is 1.42. The largest absolute Gasteiger partial charge is 0.395 e. The van der Waals surface area contributed by atoms with Crippen molar-refractivity contribution in [1.29, 1.82) is 0 Å². The molecular weight excluding hydrogens is 452 g/mol. The van der Waals surface area contributed by atoms with Gasteiger partial charge in [0.15, 0.2) is 0 Å². The van der Waals surface area contributed by atoms with Crippen LogP contribution in [-0.4, -0.2) is 61.1 Å². The molecule has 174 valence electrons. The number of aliphatic hydroxyl groups is 1. The van der Waals surface area contributed by atoms with Crippen molar-refractivity contribution >= 4 is 21.4 Å². The Bertz CT molecular complexity index is 1190. The molecule has 0 amide bonds.